The van der Waals surface area contributed by atoms with E-state index in [1.165, 1.54) is 5.56 Å². The van der Waals surface area contributed by atoms with E-state index in [1.807, 2.05) is 29.2 Å². The van der Waals surface area contributed by atoms with Crippen molar-refractivity contribution in [3.63, 3.8) is 0 Å². The standard InChI is InChI=1S/C17H21NO2.C10H15NO3/c19-16-17(9-4-5-12-20-14-17)10-6-11-18(16)13-15-7-2-1-3-8-15;12-8-3-5-10(9(13)11-8)4-1-2-6-14-7-10/h1-5,7-8H,6,9-14H2;1-7H2,(H,11,12,13). The van der Waals surface area contributed by atoms with Crippen LogP contribution in [0, 0.1) is 10.8 Å². The molecule has 184 valence electrons. The molecule has 2 atom stereocenters. The molecular formula is C27H36N2O5. The van der Waals surface area contributed by atoms with Gasteiger partial charge in [-0.2, -0.15) is 0 Å². The normalized spacial score (nSPS) is 29.8. The van der Waals surface area contributed by atoms with Gasteiger partial charge < -0.3 is 14.4 Å². The van der Waals surface area contributed by atoms with Gasteiger partial charge in [0, 0.05) is 26.1 Å². The molecule has 7 heteroatoms. The Balaban J connectivity index is 0.000000172. The van der Waals surface area contributed by atoms with Gasteiger partial charge >= 0.3 is 0 Å². The number of allylic oxidation sites excluding steroid dienone is 1. The molecular weight excluding hydrogens is 432 g/mol. The summed E-state index contributed by atoms with van der Waals surface area (Å²) in [6.45, 7) is 3.98. The number of nitrogens with zero attached hydrogens (tertiary/aromatic N) is 1. The molecule has 4 aliphatic rings. The summed E-state index contributed by atoms with van der Waals surface area (Å²) in [5.74, 6) is -0.0142. The van der Waals surface area contributed by atoms with Crippen LogP contribution in [0.1, 0.15) is 56.9 Å². The molecule has 1 aromatic carbocycles. The van der Waals surface area contributed by atoms with Gasteiger partial charge in [0.25, 0.3) is 0 Å². The van der Waals surface area contributed by atoms with Crippen molar-refractivity contribution in [1.29, 1.82) is 0 Å². The van der Waals surface area contributed by atoms with Crippen LogP contribution in [0.2, 0.25) is 0 Å². The molecule has 3 fully saturated rings. The highest BCUT2D eigenvalue weighted by Gasteiger charge is 2.44. The molecule has 4 aliphatic heterocycles. The van der Waals surface area contributed by atoms with Crippen LogP contribution >= 0.6 is 0 Å². The number of carbonyl (C=O) groups is 3. The summed E-state index contributed by atoms with van der Waals surface area (Å²) in [6, 6.07) is 10.2. The van der Waals surface area contributed by atoms with E-state index < -0.39 is 5.41 Å². The van der Waals surface area contributed by atoms with Crippen molar-refractivity contribution in [1.82, 2.24) is 10.2 Å². The smallest absolute Gasteiger partial charge is 0.235 e. The SMILES string of the molecule is O=C1CCC2(CCCCOC2)C(=O)N1.O=C1N(Cc2ccccc2)CCCC12CC=CCOC2. The maximum Gasteiger partial charge on any atom is 0.235 e. The maximum absolute atomic E-state index is 12.9. The lowest BCUT2D eigenvalue weighted by Gasteiger charge is -2.40. The summed E-state index contributed by atoms with van der Waals surface area (Å²) < 4.78 is 11.0. The van der Waals surface area contributed by atoms with E-state index >= 15 is 0 Å². The van der Waals surface area contributed by atoms with Gasteiger partial charge in [-0.3, -0.25) is 19.7 Å². The van der Waals surface area contributed by atoms with Gasteiger partial charge in [-0.25, -0.2) is 0 Å². The van der Waals surface area contributed by atoms with Crippen LogP contribution < -0.4 is 5.32 Å². The van der Waals surface area contributed by atoms with E-state index in [9.17, 15) is 14.4 Å². The lowest BCUT2D eigenvalue weighted by molar-refractivity contribution is -0.151. The predicted molar refractivity (Wildman–Crippen MR) is 128 cm³/mol. The first-order valence-electron chi connectivity index (χ1n) is 12.5. The van der Waals surface area contributed by atoms with Gasteiger partial charge in [-0.05, 0) is 50.5 Å². The molecule has 5 rings (SSSR count). The third-order valence-electron chi connectivity index (χ3n) is 7.45. The molecule has 2 unspecified atom stereocenters. The van der Waals surface area contributed by atoms with E-state index in [4.69, 9.17) is 9.47 Å². The second-order valence-corrected chi connectivity index (χ2v) is 9.95. The Kier molecular flexibility index (Phi) is 8.16. The second-order valence-electron chi connectivity index (χ2n) is 9.95. The highest BCUT2D eigenvalue weighted by molar-refractivity contribution is 6.00. The number of ether oxygens (including phenoxy) is 2. The van der Waals surface area contributed by atoms with Crippen molar-refractivity contribution in [2.75, 3.05) is 33.0 Å². The summed E-state index contributed by atoms with van der Waals surface area (Å²) >= 11 is 0. The van der Waals surface area contributed by atoms with E-state index in [0.29, 0.717) is 39.2 Å². The molecule has 0 radical (unpaired) electrons. The first-order valence-corrected chi connectivity index (χ1v) is 12.5. The quantitative estimate of drug-likeness (QED) is 0.531. The molecule has 0 aliphatic carbocycles. The van der Waals surface area contributed by atoms with Crippen LogP contribution in [-0.4, -0.2) is 55.6 Å². The Morgan fingerprint density at radius 3 is 2.50 bits per heavy atom. The van der Waals surface area contributed by atoms with Gasteiger partial charge in [0.2, 0.25) is 17.7 Å². The fourth-order valence-corrected chi connectivity index (χ4v) is 5.36. The minimum atomic E-state index is -0.412. The first kappa shape index (κ1) is 24.6. The Hall–Kier alpha value is -2.51. The van der Waals surface area contributed by atoms with Crippen LogP contribution in [0.25, 0.3) is 0 Å². The zero-order chi connectivity index (χ0) is 23.9. The van der Waals surface area contributed by atoms with Gasteiger partial charge in [0.15, 0.2) is 0 Å². The number of imide groups is 1. The van der Waals surface area contributed by atoms with Crippen molar-refractivity contribution in [3.05, 3.63) is 48.0 Å². The number of nitrogens with one attached hydrogen (secondary N) is 1. The Labute approximate surface area is 201 Å². The Morgan fingerprint density at radius 1 is 0.882 bits per heavy atom. The van der Waals surface area contributed by atoms with Crippen LogP contribution in [0.3, 0.4) is 0 Å². The van der Waals surface area contributed by atoms with E-state index in [1.54, 1.807) is 0 Å². The highest BCUT2D eigenvalue weighted by Crippen LogP contribution is 2.37. The molecule has 3 amide bonds. The zero-order valence-corrected chi connectivity index (χ0v) is 19.9. The number of hydrogen-bond acceptors (Lipinski definition) is 5. The summed E-state index contributed by atoms with van der Waals surface area (Å²) in [7, 11) is 0. The third kappa shape index (κ3) is 5.76. The van der Waals surface area contributed by atoms with Gasteiger partial charge in [-0.1, -0.05) is 42.5 Å². The first-order chi connectivity index (χ1) is 16.5. The minimum Gasteiger partial charge on any atom is -0.380 e. The zero-order valence-electron chi connectivity index (χ0n) is 19.9. The monoisotopic (exact) mass is 468 g/mol. The molecule has 34 heavy (non-hydrogen) atoms. The van der Waals surface area contributed by atoms with Crippen LogP contribution in [0.15, 0.2) is 42.5 Å². The Morgan fingerprint density at radius 2 is 1.68 bits per heavy atom. The summed E-state index contributed by atoms with van der Waals surface area (Å²) in [5, 5.41) is 2.41. The largest absolute Gasteiger partial charge is 0.380 e. The molecule has 0 saturated carbocycles. The van der Waals surface area contributed by atoms with Crippen molar-refractivity contribution in [2.24, 2.45) is 10.8 Å². The predicted octanol–water partition coefficient (Wildman–Crippen LogP) is 3.38. The van der Waals surface area contributed by atoms with E-state index in [0.717, 1.165) is 51.7 Å². The van der Waals surface area contributed by atoms with Gasteiger partial charge in [0.1, 0.15) is 0 Å². The summed E-state index contributed by atoms with van der Waals surface area (Å²) in [6.07, 6.45) is 11.0. The highest BCUT2D eigenvalue weighted by atomic mass is 16.5. The van der Waals surface area contributed by atoms with Gasteiger partial charge in [0.05, 0.1) is 30.7 Å². The fraction of sp³-hybridized carbons (Fsp3) is 0.593. The van der Waals surface area contributed by atoms with Gasteiger partial charge in [-0.15, -0.1) is 0 Å². The molecule has 2 spiro atoms. The third-order valence-corrected chi connectivity index (χ3v) is 7.45. The van der Waals surface area contributed by atoms with Crippen molar-refractivity contribution in [3.8, 4) is 0 Å². The van der Waals surface area contributed by atoms with E-state index in [-0.39, 0.29) is 23.1 Å². The molecule has 0 bridgehead atoms. The van der Waals surface area contributed by atoms with Crippen LogP contribution in [-0.2, 0) is 30.4 Å². The number of carbonyl (C=O) groups excluding carboxylic acids is 3. The number of amides is 3. The van der Waals surface area contributed by atoms with Crippen molar-refractivity contribution in [2.45, 2.75) is 57.9 Å². The van der Waals surface area contributed by atoms with Crippen LogP contribution in [0.5, 0.6) is 0 Å². The van der Waals surface area contributed by atoms with Crippen molar-refractivity contribution < 1.29 is 23.9 Å². The lowest BCUT2D eigenvalue weighted by atomic mass is 9.77. The lowest BCUT2D eigenvalue weighted by Crippen LogP contribution is -2.50. The average molecular weight is 469 g/mol. The number of hydrogen-bond donors (Lipinski definition) is 1. The number of piperidine rings is 2. The van der Waals surface area contributed by atoms with E-state index in [2.05, 4.69) is 23.5 Å². The number of benzene rings is 1. The second kappa shape index (κ2) is 11.3. The topological polar surface area (TPSA) is 84.9 Å². The average Bonchev–Trinajstić information content (AvgIpc) is 3.23. The molecule has 4 heterocycles. The molecule has 3 saturated heterocycles. The van der Waals surface area contributed by atoms with Crippen molar-refractivity contribution >= 4 is 17.7 Å². The van der Waals surface area contributed by atoms with Crippen LogP contribution in [0.4, 0.5) is 0 Å². The molecule has 0 aromatic heterocycles. The number of likely N-dealkylation sites (tertiary alicyclic amines) is 1. The summed E-state index contributed by atoms with van der Waals surface area (Å²) in [4.78, 5) is 37.6. The fourth-order valence-electron chi connectivity index (χ4n) is 5.36. The maximum atomic E-state index is 12.9. The molecule has 1 N–H and O–H groups in total. The Bertz CT molecular complexity index is 892. The summed E-state index contributed by atoms with van der Waals surface area (Å²) in [5.41, 5.74) is 0.465. The minimum absolute atomic E-state index is 0.129. The molecule has 1 aromatic rings. The number of rotatable bonds is 2. The molecule has 7 nitrogen and oxygen atoms in total.